The highest BCUT2D eigenvalue weighted by atomic mass is 16.5. The zero-order valence-electron chi connectivity index (χ0n) is 21.5. The van der Waals surface area contributed by atoms with E-state index in [1.807, 2.05) is 30.3 Å². The average Bonchev–Trinajstić information content (AvgIpc) is 2.94. The number of rotatable bonds is 10. The van der Waals surface area contributed by atoms with Gasteiger partial charge in [-0.3, -0.25) is 4.79 Å². The molecule has 1 heterocycles. The lowest BCUT2D eigenvalue weighted by atomic mass is 10.1. The normalized spacial score (nSPS) is 10.6. The van der Waals surface area contributed by atoms with Crippen LogP contribution in [0.2, 0.25) is 0 Å². The molecular formula is C28H28O9. The van der Waals surface area contributed by atoms with Gasteiger partial charge < -0.3 is 37.6 Å². The molecule has 0 spiro atoms. The Balaban J connectivity index is 1.95. The van der Waals surface area contributed by atoms with Crippen LogP contribution < -0.4 is 38.6 Å². The van der Waals surface area contributed by atoms with Crippen molar-refractivity contribution in [3.63, 3.8) is 0 Å². The van der Waals surface area contributed by atoms with E-state index in [2.05, 4.69) is 0 Å². The molecule has 1 aromatic heterocycles. The topological polar surface area (TPSA) is 94.8 Å². The predicted octanol–water partition coefficient (Wildman–Crippen LogP) is 5.09. The van der Waals surface area contributed by atoms with Gasteiger partial charge in [-0.15, -0.1) is 0 Å². The number of benzene rings is 3. The number of ether oxygens (including phenoxy) is 7. The fourth-order valence-corrected chi connectivity index (χ4v) is 4.10. The summed E-state index contributed by atoms with van der Waals surface area (Å²) in [5.74, 6) is 1.84. The average molecular weight is 509 g/mol. The van der Waals surface area contributed by atoms with Gasteiger partial charge in [-0.2, -0.15) is 0 Å². The van der Waals surface area contributed by atoms with Gasteiger partial charge in [0.15, 0.2) is 28.6 Å². The van der Waals surface area contributed by atoms with Crippen LogP contribution in [0.3, 0.4) is 0 Å². The molecule has 0 saturated heterocycles. The standard InChI is InChI=1S/C28H28O9/c1-30-18-13-12-17(14-19(18)36-15-16-10-8-7-9-11-16)22-25(32-3)21(29)20-23(31-2)26(33-4)28(35-6)27(34-5)24(20)37-22/h7-14H,15H2,1-6H3. The van der Waals surface area contributed by atoms with E-state index in [4.69, 9.17) is 37.6 Å². The van der Waals surface area contributed by atoms with Gasteiger partial charge in [-0.05, 0) is 23.8 Å². The van der Waals surface area contributed by atoms with Crippen LogP contribution in [0, 0.1) is 0 Å². The number of hydrogen-bond donors (Lipinski definition) is 0. The molecule has 0 amide bonds. The fraction of sp³-hybridized carbons (Fsp3) is 0.250. The highest BCUT2D eigenvalue weighted by molar-refractivity contribution is 5.97. The summed E-state index contributed by atoms with van der Waals surface area (Å²) >= 11 is 0. The van der Waals surface area contributed by atoms with Crippen molar-refractivity contribution in [2.75, 3.05) is 42.7 Å². The van der Waals surface area contributed by atoms with Gasteiger partial charge in [-0.1, -0.05) is 30.3 Å². The van der Waals surface area contributed by atoms with Crippen molar-refractivity contribution >= 4 is 11.0 Å². The quantitative estimate of drug-likeness (QED) is 0.290. The summed E-state index contributed by atoms with van der Waals surface area (Å²) < 4.78 is 45.4. The Labute approximate surface area is 214 Å². The molecule has 0 aliphatic heterocycles. The van der Waals surface area contributed by atoms with Crippen molar-refractivity contribution in [1.82, 2.24) is 0 Å². The van der Waals surface area contributed by atoms with E-state index < -0.39 is 5.43 Å². The summed E-state index contributed by atoms with van der Waals surface area (Å²) in [5, 5.41) is 0.0895. The van der Waals surface area contributed by atoms with Crippen LogP contribution >= 0.6 is 0 Å². The summed E-state index contributed by atoms with van der Waals surface area (Å²) in [6.07, 6.45) is 0. The van der Waals surface area contributed by atoms with Crippen molar-refractivity contribution in [3.05, 3.63) is 64.3 Å². The Morgan fingerprint density at radius 3 is 1.86 bits per heavy atom. The van der Waals surface area contributed by atoms with Gasteiger partial charge in [-0.25, -0.2) is 0 Å². The minimum absolute atomic E-state index is 0.0285. The second-order valence-corrected chi connectivity index (χ2v) is 7.77. The number of fused-ring (bicyclic) bond motifs is 1. The first kappa shape index (κ1) is 25.6. The van der Waals surface area contributed by atoms with Crippen molar-refractivity contribution in [2.45, 2.75) is 6.61 Å². The zero-order valence-corrected chi connectivity index (χ0v) is 21.5. The fourth-order valence-electron chi connectivity index (χ4n) is 4.10. The lowest BCUT2D eigenvalue weighted by Gasteiger charge is -2.19. The molecular weight excluding hydrogens is 480 g/mol. The van der Waals surface area contributed by atoms with Crippen LogP contribution in [0.25, 0.3) is 22.3 Å². The molecule has 0 radical (unpaired) electrons. The Morgan fingerprint density at radius 2 is 1.27 bits per heavy atom. The highest BCUT2D eigenvalue weighted by Crippen LogP contribution is 2.51. The smallest absolute Gasteiger partial charge is 0.239 e. The molecule has 4 aromatic rings. The summed E-state index contributed by atoms with van der Waals surface area (Å²) in [6, 6.07) is 14.9. The molecule has 0 N–H and O–H groups in total. The molecule has 9 nitrogen and oxygen atoms in total. The van der Waals surface area contributed by atoms with E-state index in [1.165, 1.54) is 35.5 Å². The molecule has 0 aliphatic rings. The van der Waals surface area contributed by atoms with Crippen LogP contribution in [0.5, 0.6) is 40.2 Å². The molecule has 4 rings (SSSR count). The van der Waals surface area contributed by atoms with Crippen molar-refractivity contribution in [1.29, 1.82) is 0 Å². The Kier molecular flexibility index (Phi) is 7.62. The van der Waals surface area contributed by atoms with Gasteiger partial charge in [0.25, 0.3) is 0 Å². The van der Waals surface area contributed by atoms with Gasteiger partial charge in [0.1, 0.15) is 12.0 Å². The monoisotopic (exact) mass is 508 g/mol. The van der Waals surface area contributed by atoms with Crippen molar-refractivity contribution in [3.8, 4) is 51.6 Å². The molecule has 0 fully saturated rings. The molecule has 0 atom stereocenters. The third-order valence-corrected chi connectivity index (χ3v) is 5.81. The maximum Gasteiger partial charge on any atom is 0.239 e. The summed E-state index contributed by atoms with van der Waals surface area (Å²) in [7, 11) is 8.69. The maximum atomic E-state index is 13.7. The van der Waals surface area contributed by atoms with Crippen LogP contribution in [0.15, 0.2) is 57.7 Å². The summed E-state index contributed by atoms with van der Waals surface area (Å²) in [6.45, 7) is 0.321. The Hall–Kier alpha value is -4.53. The molecule has 37 heavy (non-hydrogen) atoms. The Bertz CT molecular complexity index is 1460. The number of hydrogen-bond acceptors (Lipinski definition) is 9. The highest BCUT2D eigenvalue weighted by Gasteiger charge is 2.30. The lowest BCUT2D eigenvalue weighted by Crippen LogP contribution is -2.11. The molecule has 0 saturated carbocycles. The van der Waals surface area contributed by atoms with E-state index in [-0.39, 0.29) is 45.5 Å². The first-order valence-electron chi connectivity index (χ1n) is 11.3. The summed E-state index contributed by atoms with van der Waals surface area (Å²) in [5.41, 5.74) is 1.15. The van der Waals surface area contributed by atoms with E-state index in [9.17, 15) is 4.79 Å². The third-order valence-electron chi connectivity index (χ3n) is 5.81. The van der Waals surface area contributed by atoms with Gasteiger partial charge >= 0.3 is 0 Å². The SMILES string of the molecule is COc1ccc(-c2oc3c(OC)c(OC)c(OC)c(OC)c3c(=O)c2OC)cc1OCc1ccccc1. The van der Waals surface area contributed by atoms with E-state index in [1.54, 1.807) is 25.3 Å². The third kappa shape index (κ3) is 4.55. The molecule has 0 aliphatic carbocycles. The maximum absolute atomic E-state index is 13.7. The molecule has 9 heteroatoms. The zero-order chi connectivity index (χ0) is 26.5. The second-order valence-electron chi connectivity index (χ2n) is 7.77. The lowest BCUT2D eigenvalue weighted by molar-refractivity contribution is 0.284. The van der Waals surface area contributed by atoms with Crippen LogP contribution in [-0.2, 0) is 6.61 Å². The van der Waals surface area contributed by atoms with Crippen LogP contribution in [-0.4, -0.2) is 42.7 Å². The minimum atomic E-state index is -0.475. The van der Waals surface area contributed by atoms with Crippen LogP contribution in [0.1, 0.15) is 5.56 Å². The van der Waals surface area contributed by atoms with Gasteiger partial charge in [0.2, 0.25) is 28.4 Å². The van der Waals surface area contributed by atoms with E-state index >= 15 is 0 Å². The molecule has 194 valence electrons. The first-order valence-corrected chi connectivity index (χ1v) is 11.3. The van der Waals surface area contributed by atoms with Gasteiger partial charge in [0.05, 0.1) is 42.7 Å². The van der Waals surface area contributed by atoms with Crippen LogP contribution in [0.4, 0.5) is 0 Å². The van der Waals surface area contributed by atoms with Crippen molar-refractivity contribution < 1.29 is 37.6 Å². The number of methoxy groups -OCH3 is 6. The van der Waals surface area contributed by atoms with Crippen molar-refractivity contribution in [2.24, 2.45) is 0 Å². The summed E-state index contributed by atoms with van der Waals surface area (Å²) in [4.78, 5) is 13.7. The second kappa shape index (κ2) is 11.0. The van der Waals surface area contributed by atoms with E-state index in [0.29, 0.717) is 23.7 Å². The van der Waals surface area contributed by atoms with Gasteiger partial charge in [0, 0.05) is 5.56 Å². The molecule has 0 unspecified atom stereocenters. The minimum Gasteiger partial charge on any atom is -0.493 e. The molecule has 3 aromatic carbocycles. The molecule has 0 bridgehead atoms. The largest absolute Gasteiger partial charge is 0.493 e. The first-order chi connectivity index (χ1) is 18.0. The predicted molar refractivity (Wildman–Crippen MR) is 138 cm³/mol. The Morgan fingerprint density at radius 1 is 0.649 bits per heavy atom. The van der Waals surface area contributed by atoms with E-state index in [0.717, 1.165) is 5.56 Å².